The second kappa shape index (κ2) is 14.5. The molecule has 0 saturated heterocycles. The first-order chi connectivity index (χ1) is 31.4. The van der Waals surface area contributed by atoms with E-state index in [4.69, 9.17) is 0 Å². The fourth-order valence-electron chi connectivity index (χ4n) is 8.75. The summed E-state index contributed by atoms with van der Waals surface area (Å²) in [6, 6.07) is 3.80. The Morgan fingerprint density at radius 1 is 0.508 bits per heavy atom. The first-order valence-electron chi connectivity index (χ1n) is 20.2. The third-order valence-corrected chi connectivity index (χ3v) is 11.8. The van der Waals surface area contributed by atoms with Gasteiger partial charge in [0.05, 0.1) is 50.2 Å². The fraction of sp³-hybridized carbons (Fsp3) is 0.133. The molecule has 1 aromatic heterocycles. The number of benzene rings is 1. The maximum Gasteiger partial charge on any atom is 0.292 e. The van der Waals surface area contributed by atoms with Crippen molar-refractivity contribution in [3.05, 3.63) is 181 Å². The van der Waals surface area contributed by atoms with Crippen molar-refractivity contribution in [1.29, 1.82) is 0 Å². The van der Waals surface area contributed by atoms with Gasteiger partial charge in [0.15, 0.2) is 45.3 Å². The highest BCUT2D eigenvalue weighted by atomic mass is 16.3. The summed E-state index contributed by atoms with van der Waals surface area (Å²) in [6.45, 7) is 2.12. The van der Waals surface area contributed by atoms with E-state index >= 15 is 0 Å². The quantitative estimate of drug-likeness (QED) is 0.279. The number of ketones is 4. The molecule has 0 bridgehead atoms. The largest absolute Gasteiger partial charge is 0.346 e. The van der Waals surface area contributed by atoms with Gasteiger partial charge in [-0.05, 0) is 24.3 Å². The molecule has 0 amide bonds. The van der Waals surface area contributed by atoms with Crippen molar-refractivity contribution in [3.63, 3.8) is 0 Å². The molecule has 20 nitrogen and oxygen atoms in total. The second-order valence-corrected chi connectivity index (χ2v) is 15.8. The highest BCUT2D eigenvalue weighted by Gasteiger charge is 2.41. The normalized spacial score (nSPS) is 20.7. The first kappa shape index (κ1) is 38.8. The molecule has 0 radical (unpaired) electrons. The second-order valence-electron chi connectivity index (χ2n) is 15.8. The van der Waals surface area contributed by atoms with Crippen molar-refractivity contribution >= 4 is 68.4 Å². The fourth-order valence-corrected chi connectivity index (χ4v) is 8.75. The van der Waals surface area contributed by atoms with Crippen LogP contribution in [0.25, 0.3) is 11.0 Å². The molecule has 65 heavy (non-hydrogen) atoms. The van der Waals surface area contributed by atoms with Crippen LogP contribution >= 0.6 is 0 Å². The van der Waals surface area contributed by atoms with Gasteiger partial charge in [0, 0.05) is 63.0 Å². The molecule has 0 saturated carbocycles. The zero-order valence-electron chi connectivity index (χ0n) is 34.1. The van der Waals surface area contributed by atoms with Crippen molar-refractivity contribution in [2.75, 3.05) is 29.6 Å². The summed E-state index contributed by atoms with van der Waals surface area (Å²) in [4.78, 5) is 127. The molecule has 0 spiro atoms. The predicted octanol–water partition coefficient (Wildman–Crippen LogP) is 3.21. The van der Waals surface area contributed by atoms with Crippen LogP contribution in [0.3, 0.4) is 0 Å². The minimum absolute atomic E-state index is 0.00372. The Hall–Kier alpha value is -9.07. The monoisotopic (exact) mass is 867 g/mol. The molecule has 1 aromatic carbocycles. The molecule has 20 heteroatoms. The number of hydrogen-bond donors (Lipinski definition) is 0. The molecule has 4 aliphatic carbocycles. The highest BCUT2D eigenvalue weighted by molar-refractivity contribution is 6.51. The molecular formula is C45H31N12O8+5. The summed E-state index contributed by atoms with van der Waals surface area (Å²) in [7, 11) is 0. The summed E-state index contributed by atoms with van der Waals surface area (Å²) in [5.41, 5.74) is 4.16. The SMILES string of the molecule is Cc1n(CC2=C[N+](=O)C3=CC=CC(=O)C3=N2)c2cc3c(cc2[n+]1CC1=C[N+](=O)C2=CC=CC(=O)C2=N1)N(CC1=C[N+](=O)C2=CC=CC(=O)C2=N1)CN3CC1=C[N+](=O)C2=CC=CC(=O)C2=N1. The third-order valence-electron chi connectivity index (χ3n) is 11.8. The van der Waals surface area contributed by atoms with Gasteiger partial charge in [-0.15, -0.1) is 0 Å². The lowest BCUT2D eigenvalue weighted by molar-refractivity contribution is -0.671. The molecule has 0 fully saturated rings. The minimum Gasteiger partial charge on any atom is -0.346 e. The van der Waals surface area contributed by atoms with Crippen LogP contribution in [0, 0.1) is 26.6 Å². The van der Waals surface area contributed by atoms with E-state index in [-0.39, 0.29) is 89.9 Å². The number of hydrogen-bond acceptors (Lipinski definition) is 14. The van der Waals surface area contributed by atoms with E-state index < -0.39 is 23.1 Å². The zero-order valence-corrected chi connectivity index (χ0v) is 34.1. The highest BCUT2D eigenvalue weighted by Crippen LogP contribution is 2.41. The number of nitrogens with zero attached hydrogens (tertiary/aromatic N) is 12. The number of rotatable bonds is 8. The van der Waals surface area contributed by atoms with Crippen LogP contribution in [0.2, 0.25) is 0 Å². The van der Waals surface area contributed by atoms with Crippen LogP contribution in [0.5, 0.6) is 0 Å². The Bertz CT molecular complexity index is 3180. The molecule has 0 N–H and O–H groups in total. The molecular weight excluding hydrogens is 837 g/mol. The number of aromatic nitrogens is 2. The van der Waals surface area contributed by atoms with E-state index in [0.717, 1.165) is 0 Å². The molecule has 9 aliphatic rings. The van der Waals surface area contributed by atoms with Crippen LogP contribution < -0.4 is 14.4 Å². The topological polar surface area (TPSA) is 213 Å². The minimum atomic E-state index is -0.418. The van der Waals surface area contributed by atoms with Crippen LogP contribution in [0.15, 0.2) is 175 Å². The number of anilines is 2. The molecule has 6 heterocycles. The Kier molecular flexibility index (Phi) is 8.67. The van der Waals surface area contributed by atoms with E-state index in [0.29, 0.717) is 58.7 Å². The summed E-state index contributed by atoms with van der Waals surface area (Å²) in [5, 5.41) is 0. The van der Waals surface area contributed by atoms with Gasteiger partial charge in [-0.25, -0.2) is 29.1 Å². The van der Waals surface area contributed by atoms with Gasteiger partial charge in [-0.3, -0.25) is 19.2 Å². The molecule has 0 atom stereocenters. The number of aliphatic imine (C=N–C) groups is 4. The van der Waals surface area contributed by atoms with Gasteiger partial charge in [-0.1, -0.05) is 24.3 Å². The molecule has 11 rings (SSSR count). The standard InChI is InChI=1S/C45H31N12O8/c1-25-52(18-28-22-56(64)32-8-4-12-40(60)44(32)48-28)36-14-34-35(15-37(36)53(25)19-29-23-57(65)33-9-5-13-41(61)45(33)49-29)51(17-27-21-55(63)31-7-3-11-39(59)43(31)47-27)24-50(34)16-26-20-54(62)30-6-2-10-38(58)42(30)46-26/h2-15,20-23H,16-19,24H2,1H3/q+5. The molecule has 5 aliphatic heterocycles. The van der Waals surface area contributed by atoms with Crippen molar-refractivity contribution in [2.45, 2.75) is 20.0 Å². The zero-order chi connectivity index (χ0) is 44.8. The Morgan fingerprint density at radius 3 is 1.31 bits per heavy atom. The van der Waals surface area contributed by atoms with Gasteiger partial charge in [0.2, 0.25) is 23.1 Å². The number of allylic oxidation sites excluding steroid dienone is 18. The molecule has 314 valence electrons. The van der Waals surface area contributed by atoms with E-state index in [1.54, 1.807) is 0 Å². The van der Waals surface area contributed by atoms with Crippen LogP contribution in [-0.4, -0.2) is 89.3 Å². The summed E-state index contributed by atoms with van der Waals surface area (Å²) in [5.74, 6) is -1.05. The van der Waals surface area contributed by atoms with E-state index in [2.05, 4.69) is 20.0 Å². The number of nitroso groups, excluding NO2 is 4. The van der Waals surface area contributed by atoms with Crippen LogP contribution in [0.4, 0.5) is 11.4 Å². The van der Waals surface area contributed by atoms with Crippen molar-refractivity contribution < 1.29 is 42.8 Å². The van der Waals surface area contributed by atoms with Crippen LogP contribution in [0.1, 0.15) is 5.82 Å². The van der Waals surface area contributed by atoms with E-state index in [1.807, 2.05) is 38.0 Å². The smallest absolute Gasteiger partial charge is 0.292 e. The number of carbonyl (C=O) groups excluding carboxylic acids is 4. The number of carbonyl (C=O) groups is 4. The lowest BCUT2D eigenvalue weighted by atomic mass is 10.1. The maximum atomic E-state index is 13.3. The molecule has 2 aromatic rings. The number of fused-ring (bicyclic) bond motifs is 6. The first-order valence-corrected chi connectivity index (χ1v) is 20.2. The van der Waals surface area contributed by atoms with E-state index in [1.165, 1.54) is 97.7 Å². The van der Waals surface area contributed by atoms with Crippen molar-refractivity contribution in [1.82, 2.24) is 4.57 Å². The Morgan fingerprint density at radius 2 is 0.877 bits per heavy atom. The predicted molar refractivity (Wildman–Crippen MR) is 232 cm³/mol. The Labute approximate surface area is 365 Å². The summed E-state index contributed by atoms with van der Waals surface area (Å²) < 4.78 is 6.21. The average Bonchev–Trinajstić information content (AvgIpc) is 3.72. The summed E-state index contributed by atoms with van der Waals surface area (Å²) >= 11 is 0. The maximum absolute atomic E-state index is 13.3. The third kappa shape index (κ3) is 6.41. The van der Waals surface area contributed by atoms with Crippen molar-refractivity contribution in [3.8, 4) is 0 Å². The Balaban J connectivity index is 1.05. The molecule has 0 unspecified atom stereocenters. The summed E-state index contributed by atoms with van der Waals surface area (Å²) in [6.07, 6.45) is 22.6. The van der Waals surface area contributed by atoms with Gasteiger partial charge in [-0.2, -0.15) is 0 Å². The number of imidazole rings is 1. The lowest BCUT2D eigenvalue weighted by Crippen LogP contribution is -2.39. The van der Waals surface area contributed by atoms with Gasteiger partial charge in [0.25, 0.3) is 53.4 Å². The average molecular weight is 868 g/mol. The van der Waals surface area contributed by atoms with Crippen LogP contribution in [-0.2, 0) is 32.3 Å². The van der Waals surface area contributed by atoms with Gasteiger partial charge >= 0.3 is 0 Å². The van der Waals surface area contributed by atoms with Crippen molar-refractivity contribution in [2.24, 2.45) is 20.0 Å². The van der Waals surface area contributed by atoms with Gasteiger partial charge in [0.1, 0.15) is 24.5 Å². The lowest BCUT2D eigenvalue weighted by Gasteiger charge is -2.22. The van der Waals surface area contributed by atoms with Gasteiger partial charge < -0.3 is 9.80 Å². The van der Waals surface area contributed by atoms with E-state index in [9.17, 15) is 38.8 Å².